The van der Waals surface area contributed by atoms with Crippen LogP contribution in [0.15, 0.2) is 0 Å². The molecular formula is C13H16Cl2F2N2O. The van der Waals surface area contributed by atoms with Crippen molar-refractivity contribution in [1.82, 2.24) is 9.97 Å². The van der Waals surface area contributed by atoms with Gasteiger partial charge in [0, 0.05) is 12.0 Å². The average Bonchev–Trinajstić information content (AvgIpc) is 2.87. The summed E-state index contributed by atoms with van der Waals surface area (Å²) in [5.74, 6) is 0.759. The number of aromatic nitrogens is 2. The fourth-order valence-electron chi connectivity index (χ4n) is 2.46. The van der Waals surface area contributed by atoms with Crippen LogP contribution in [-0.2, 0) is 11.2 Å². The fourth-order valence-corrected chi connectivity index (χ4v) is 3.19. The van der Waals surface area contributed by atoms with Crippen molar-refractivity contribution < 1.29 is 13.5 Å². The smallest absolute Gasteiger partial charge is 0.261 e. The zero-order valence-electron chi connectivity index (χ0n) is 10.9. The molecule has 0 saturated heterocycles. The molecule has 0 radical (unpaired) electrons. The van der Waals surface area contributed by atoms with Crippen molar-refractivity contribution in [3.05, 3.63) is 21.7 Å². The first-order valence-corrected chi connectivity index (χ1v) is 7.41. The second-order valence-corrected chi connectivity index (χ2v) is 5.55. The Labute approximate surface area is 126 Å². The first-order chi connectivity index (χ1) is 9.58. The third kappa shape index (κ3) is 4.24. The summed E-state index contributed by atoms with van der Waals surface area (Å²) in [6, 6.07) is 0. The predicted molar refractivity (Wildman–Crippen MR) is 73.8 cm³/mol. The van der Waals surface area contributed by atoms with Crippen LogP contribution in [0.2, 0.25) is 10.3 Å². The van der Waals surface area contributed by atoms with E-state index in [1.54, 1.807) is 0 Å². The summed E-state index contributed by atoms with van der Waals surface area (Å²) in [7, 11) is 0. The van der Waals surface area contributed by atoms with E-state index in [1.165, 1.54) is 12.8 Å². The summed E-state index contributed by atoms with van der Waals surface area (Å²) in [5, 5.41) is 0.751. The van der Waals surface area contributed by atoms with Crippen molar-refractivity contribution in [3.8, 4) is 0 Å². The quantitative estimate of drug-likeness (QED) is 0.579. The maximum atomic E-state index is 11.9. The third-order valence-corrected chi connectivity index (χ3v) is 3.95. The van der Waals surface area contributed by atoms with E-state index in [9.17, 15) is 8.78 Å². The van der Waals surface area contributed by atoms with Crippen LogP contribution in [0.4, 0.5) is 8.78 Å². The molecule has 1 aliphatic carbocycles. The van der Waals surface area contributed by atoms with E-state index in [-0.39, 0.29) is 6.61 Å². The van der Waals surface area contributed by atoms with Crippen molar-refractivity contribution in [2.45, 2.75) is 44.4 Å². The van der Waals surface area contributed by atoms with Gasteiger partial charge in [-0.05, 0) is 18.8 Å². The molecule has 0 aromatic carbocycles. The van der Waals surface area contributed by atoms with E-state index in [4.69, 9.17) is 27.9 Å². The van der Waals surface area contributed by atoms with Crippen LogP contribution in [0.5, 0.6) is 0 Å². The maximum absolute atomic E-state index is 11.9. The van der Waals surface area contributed by atoms with E-state index >= 15 is 0 Å². The molecule has 1 fully saturated rings. The minimum atomic E-state index is -2.46. The van der Waals surface area contributed by atoms with Gasteiger partial charge in [-0.2, -0.15) is 0 Å². The molecule has 112 valence electrons. The molecule has 1 aliphatic rings. The van der Waals surface area contributed by atoms with Crippen molar-refractivity contribution in [2.75, 3.05) is 13.2 Å². The topological polar surface area (TPSA) is 35.0 Å². The molecule has 0 unspecified atom stereocenters. The molecule has 0 N–H and O–H groups in total. The molecule has 0 aliphatic heterocycles. The van der Waals surface area contributed by atoms with Crippen molar-refractivity contribution in [2.24, 2.45) is 0 Å². The Morgan fingerprint density at radius 3 is 2.30 bits per heavy atom. The molecule has 2 rings (SSSR count). The largest absolute Gasteiger partial charge is 0.375 e. The molecule has 0 atom stereocenters. The molecule has 0 spiro atoms. The van der Waals surface area contributed by atoms with Gasteiger partial charge in [-0.25, -0.2) is 18.7 Å². The molecular weight excluding hydrogens is 309 g/mol. The zero-order chi connectivity index (χ0) is 14.5. The highest BCUT2D eigenvalue weighted by Crippen LogP contribution is 2.39. The summed E-state index contributed by atoms with van der Waals surface area (Å²) in [6.07, 6.45) is 2.30. The number of alkyl halides is 2. The van der Waals surface area contributed by atoms with Crippen LogP contribution in [0, 0.1) is 0 Å². The van der Waals surface area contributed by atoms with Gasteiger partial charge in [0.05, 0.1) is 6.61 Å². The molecule has 1 aromatic heterocycles. The van der Waals surface area contributed by atoms with Gasteiger partial charge in [-0.15, -0.1) is 0 Å². The lowest BCUT2D eigenvalue weighted by Gasteiger charge is -2.13. The number of hydrogen-bond donors (Lipinski definition) is 0. The number of nitrogens with zero attached hydrogens (tertiary/aromatic N) is 2. The number of halogens is 4. The summed E-state index contributed by atoms with van der Waals surface area (Å²) in [5.41, 5.74) is 0.822. The maximum Gasteiger partial charge on any atom is 0.261 e. The number of ether oxygens (including phenoxy) is 1. The molecule has 3 nitrogen and oxygen atoms in total. The Balaban J connectivity index is 1.98. The van der Waals surface area contributed by atoms with Gasteiger partial charge in [-0.1, -0.05) is 36.0 Å². The van der Waals surface area contributed by atoms with Gasteiger partial charge in [0.15, 0.2) is 0 Å². The van der Waals surface area contributed by atoms with Crippen LogP contribution in [-0.4, -0.2) is 29.6 Å². The number of hydrogen-bond acceptors (Lipinski definition) is 3. The second kappa shape index (κ2) is 7.48. The highest BCUT2D eigenvalue weighted by molar-refractivity contribution is 6.34. The van der Waals surface area contributed by atoms with Gasteiger partial charge >= 0.3 is 0 Å². The Hall–Kier alpha value is -0.520. The molecule has 7 heteroatoms. The van der Waals surface area contributed by atoms with Crippen LogP contribution < -0.4 is 0 Å². The lowest BCUT2D eigenvalue weighted by atomic mass is 10.0. The predicted octanol–water partition coefficient (Wildman–Crippen LogP) is 4.27. The molecule has 1 aromatic rings. The Kier molecular flexibility index (Phi) is 5.93. The SMILES string of the molecule is FC(F)COCCc1nc(Cl)c(C2CCCC2)c(Cl)n1. The normalized spacial score (nSPS) is 16.2. The third-order valence-electron chi connectivity index (χ3n) is 3.38. The van der Waals surface area contributed by atoms with E-state index in [1.807, 2.05) is 0 Å². The summed E-state index contributed by atoms with van der Waals surface area (Å²) < 4.78 is 28.6. The van der Waals surface area contributed by atoms with Crippen LogP contribution in [0.3, 0.4) is 0 Å². The number of rotatable bonds is 6. The first kappa shape index (κ1) is 15.9. The summed E-state index contributed by atoms with van der Waals surface area (Å²) >= 11 is 12.4. The molecule has 1 heterocycles. The highest BCUT2D eigenvalue weighted by Gasteiger charge is 2.24. The monoisotopic (exact) mass is 324 g/mol. The van der Waals surface area contributed by atoms with Crippen LogP contribution in [0.1, 0.15) is 43.0 Å². The standard InChI is InChI=1S/C13H16Cl2F2N2O/c14-12-11(8-3-1-2-4-8)13(15)19-10(18-12)5-6-20-7-9(16)17/h8-9H,1-7H2. The van der Waals surface area contributed by atoms with Crippen molar-refractivity contribution in [1.29, 1.82) is 0 Å². The lowest BCUT2D eigenvalue weighted by Crippen LogP contribution is -2.10. The van der Waals surface area contributed by atoms with Gasteiger partial charge in [-0.3, -0.25) is 0 Å². The van der Waals surface area contributed by atoms with Gasteiger partial charge in [0.2, 0.25) is 0 Å². The van der Waals surface area contributed by atoms with E-state index < -0.39 is 13.0 Å². The Bertz CT molecular complexity index is 431. The van der Waals surface area contributed by atoms with Crippen LogP contribution in [0.25, 0.3) is 0 Å². The molecule has 0 amide bonds. The van der Waals surface area contributed by atoms with Crippen molar-refractivity contribution >= 4 is 23.2 Å². The van der Waals surface area contributed by atoms with E-state index in [0.717, 1.165) is 18.4 Å². The van der Waals surface area contributed by atoms with Crippen LogP contribution >= 0.6 is 23.2 Å². The van der Waals surface area contributed by atoms with Gasteiger partial charge in [0.25, 0.3) is 6.43 Å². The average molecular weight is 325 g/mol. The summed E-state index contributed by atoms with van der Waals surface area (Å²) in [4.78, 5) is 8.40. The zero-order valence-corrected chi connectivity index (χ0v) is 12.4. The van der Waals surface area contributed by atoms with Gasteiger partial charge < -0.3 is 4.74 Å². The summed E-state index contributed by atoms with van der Waals surface area (Å²) in [6.45, 7) is -0.457. The van der Waals surface area contributed by atoms with E-state index in [0.29, 0.717) is 28.5 Å². The highest BCUT2D eigenvalue weighted by atomic mass is 35.5. The Morgan fingerprint density at radius 1 is 1.15 bits per heavy atom. The molecule has 20 heavy (non-hydrogen) atoms. The lowest BCUT2D eigenvalue weighted by molar-refractivity contribution is 0.0183. The van der Waals surface area contributed by atoms with E-state index in [2.05, 4.69) is 9.97 Å². The molecule has 0 bridgehead atoms. The Morgan fingerprint density at radius 2 is 1.75 bits per heavy atom. The minimum Gasteiger partial charge on any atom is -0.375 e. The fraction of sp³-hybridized carbons (Fsp3) is 0.692. The molecule has 1 saturated carbocycles. The first-order valence-electron chi connectivity index (χ1n) is 6.65. The minimum absolute atomic E-state index is 0.125. The van der Waals surface area contributed by atoms with Crippen molar-refractivity contribution in [3.63, 3.8) is 0 Å². The second-order valence-electron chi connectivity index (χ2n) is 4.83. The van der Waals surface area contributed by atoms with Gasteiger partial charge in [0.1, 0.15) is 22.7 Å².